The van der Waals surface area contributed by atoms with Gasteiger partial charge >= 0.3 is 0 Å². The van der Waals surface area contributed by atoms with Crippen LogP contribution in [0.5, 0.6) is 0 Å². The van der Waals surface area contributed by atoms with E-state index in [1.807, 2.05) is 24.3 Å². The van der Waals surface area contributed by atoms with Crippen molar-refractivity contribution in [3.63, 3.8) is 0 Å². The zero-order valence-electron chi connectivity index (χ0n) is 13.3. The Morgan fingerprint density at radius 2 is 1.85 bits per heavy atom. The van der Waals surface area contributed by atoms with E-state index in [1.165, 1.54) is 4.68 Å². The maximum Gasteiger partial charge on any atom is 0.145 e. The first-order valence-electron chi connectivity index (χ1n) is 7.46. The Morgan fingerprint density at radius 3 is 2.46 bits per heavy atom. The Balaban J connectivity index is 2.17. The summed E-state index contributed by atoms with van der Waals surface area (Å²) < 4.78 is 1.43. The average molecular weight is 380 g/mol. The van der Waals surface area contributed by atoms with E-state index in [2.05, 4.69) is 11.2 Å². The zero-order chi connectivity index (χ0) is 18.7. The number of halogens is 2. The maximum absolute atomic E-state index is 9.59. The SMILES string of the molecule is N#CC(=Cc1ccc(Cl)cc1Cl)c1nn(-c2ccccc2)c(N)c1C#N. The van der Waals surface area contributed by atoms with Crippen molar-refractivity contribution in [2.24, 2.45) is 0 Å². The number of nitriles is 2. The molecule has 2 N–H and O–H groups in total. The molecule has 1 aromatic heterocycles. The van der Waals surface area contributed by atoms with E-state index in [9.17, 15) is 10.5 Å². The summed E-state index contributed by atoms with van der Waals surface area (Å²) in [7, 11) is 0. The van der Waals surface area contributed by atoms with Gasteiger partial charge in [-0.2, -0.15) is 15.6 Å². The summed E-state index contributed by atoms with van der Waals surface area (Å²) in [6, 6.07) is 18.1. The fourth-order valence-corrected chi connectivity index (χ4v) is 2.89. The van der Waals surface area contributed by atoms with Crippen molar-refractivity contribution in [2.75, 3.05) is 5.73 Å². The molecule has 0 aliphatic carbocycles. The number of anilines is 1. The molecule has 0 bridgehead atoms. The highest BCUT2D eigenvalue weighted by Crippen LogP contribution is 2.29. The van der Waals surface area contributed by atoms with Crippen LogP contribution in [0.25, 0.3) is 17.3 Å². The molecule has 0 aliphatic heterocycles. The summed E-state index contributed by atoms with van der Waals surface area (Å²) in [6.45, 7) is 0. The molecule has 1 heterocycles. The van der Waals surface area contributed by atoms with Crippen molar-refractivity contribution in [3.05, 3.63) is 75.4 Å². The van der Waals surface area contributed by atoms with Gasteiger partial charge in [0.1, 0.15) is 29.2 Å². The Bertz CT molecular complexity index is 1090. The van der Waals surface area contributed by atoms with Gasteiger partial charge in [0, 0.05) is 10.0 Å². The van der Waals surface area contributed by atoms with Gasteiger partial charge in [-0.05, 0) is 35.9 Å². The highest BCUT2D eigenvalue weighted by atomic mass is 35.5. The second kappa shape index (κ2) is 7.33. The molecule has 0 saturated heterocycles. The van der Waals surface area contributed by atoms with E-state index in [4.69, 9.17) is 28.9 Å². The van der Waals surface area contributed by atoms with Gasteiger partial charge in [0.05, 0.1) is 11.3 Å². The number of nitrogen functional groups attached to an aromatic ring is 1. The standard InChI is InChI=1S/C19H11Cl2N5/c20-14-7-6-12(17(21)9-14)8-13(10-22)18-16(11-23)19(24)26(25-18)15-4-2-1-3-5-15/h1-9H,24H2. The van der Waals surface area contributed by atoms with Crippen LogP contribution < -0.4 is 5.73 Å². The number of hydrogen-bond donors (Lipinski definition) is 1. The van der Waals surface area contributed by atoms with Crippen LogP contribution in [0, 0.1) is 22.7 Å². The Morgan fingerprint density at radius 1 is 1.12 bits per heavy atom. The molecule has 0 atom stereocenters. The largest absolute Gasteiger partial charge is 0.382 e. The van der Waals surface area contributed by atoms with Crippen molar-refractivity contribution in [1.82, 2.24) is 9.78 Å². The van der Waals surface area contributed by atoms with E-state index < -0.39 is 0 Å². The van der Waals surface area contributed by atoms with Crippen molar-refractivity contribution < 1.29 is 0 Å². The van der Waals surface area contributed by atoms with Crippen LogP contribution in [0.15, 0.2) is 48.5 Å². The van der Waals surface area contributed by atoms with Gasteiger partial charge in [0.2, 0.25) is 0 Å². The van der Waals surface area contributed by atoms with Crippen LogP contribution in [0.3, 0.4) is 0 Å². The molecule has 5 nitrogen and oxygen atoms in total. The molecule has 7 heteroatoms. The van der Waals surface area contributed by atoms with Crippen LogP contribution in [-0.4, -0.2) is 9.78 Å². The van der Waals surface area contributed by atoms with Crippen LogP contribution in [0.2, 0.25) is 10.0 Å². The fourth-order valence-electron chi connectivity index (χ4n) is 2.42. The first kappa shape index (κ1) is 17.6. The summed E-state index contributed by atoms with van der Waals surface area (Å²) >= 11 is 12.1. The van der Waals surface area contributed by atoms with Crippen molar-refractivity contribution in [1.29, 1.82) is 10.5 Å². The van der Waals surface area contributed by atoms with E-state index in [-0.39, 0.29) is 22.6 Å². The lowest BCUT2D eigenvalue weighted by molar-refractivity contribution is 0.885. The highest BCUT2D eigenvalue weighted by Gasteiger charge is 2.20. The molecule has 0 aliphatic rings. The number of allylic oxidation sites excluding steroid dienone is 1. The van der Waals surface area contributed by atoms with Gasteiger partial charge in [-0.15, -0.1) is 0 Å². The minimum Gasteiger partial charge on any atom is -0.382 e. The fraction of sp³-hybridized carbons (Fsp3) is 0. The predicted molar refractivity (Wildman–Crippen MR) is 103 cm³/mol. The van der Waals surface area contributed by atoms with Crippen molar-refractivity contribution in [2.45, 2.75) is 0 Å². The molecule has 0 saturated carbocycles. The number of hydrogen-bond acceptors (Lipinski definition) is 4. The van der Waals surface area contributed by atoms with Gasteiger partial charge in [-0.25, -0.2) is 4.68 Å². The quantitative estimate of drug-likeness (QED) is 0.667. The van der Waals surface area contributed by atoms with Crippen molar-refractivity contribution >= 4 is 40.7 Å². The van der Waals surface area contributed by atoms with Crippen LogP contribution in [0.1, 0.15) is 16.8 Å². The molecule has 26 heavy (non-hydrogen) atoms. The van der Waals surface area contributed by atoms with Gasteiger partial charge in [0.25, 0.3) is 0 Å². The van der Waals surface area contributed by atoms with Gasteiger partial charge < -0.3 is 5.73 Å². The molecular formula is C19H11Cl2N5. The van der Waals surface area contributed by atoms with E-state index in [0.29, 0.717) is 21.3 Å². The number of aromatic nitrogens is 2. The lowest BCUT2D eigenvalue weighted by atomic mass is 10.1. The normalized spacial score (nSPS) is 11.0. The molecule has 3 aromatic rings. The molecule has 2 aromatic carbocycles. The van der Waals surface area contributed by atoms with Crippen molar-refractivity contribution in [3.8, 4) is 17.8 Å². The Kier molecular flexibility index (Phi) is 4.95. The minimum atomic E-state index is 0.131. The maximum atomic E-state index is 9.59. The molecule has 0 amide bonds. The zero-order valence-corrected chi connectivity index (χ0v) is 14.8. The third kappa shape index (κ3) is 3.27. The number of nitrogens with two attached hydrogens (primary N) is 1. The summed E-state index contributed by atoms with van der Waals surface area (Å²) in [5, 5.41) is 24.3. The molecule has 0 unspecified atom stereocenters. The molecular weight excluding hydrogens is 369 g/mol. The topological polar surface area (TPSA) is 91.4 Å². The molecule has 0 radical (unpaired) electrons. The Hall–Kier alpha value is -3.25. The number of para-hydroxylation sites is 1. The van der Waals surface area contributed by atoms with Crippen LogP contribution in [0.4, 0.5) is 5.82 Å². The number of nitrogens with zero attached hydrogens (tertiary/aromatic N) is 4. The molecule has 126 valence electrons. The third-order valence-corrected chi connectivity index (χ3v) is 4.23. The van der Waals surface area contributed by atoms with E-state index >= 15 is 0 Å². The number of rotatable bonds is 3. The monoisotopic (exact) mass is 379 g/mol. The van der Waals surface area contributed by atoms with Gasteiger partial charge in [-0.1, -0.05) is 47.5 Å². The van der Waals surface area contributed by atoms with E-state index in [0.717, 1.165) is 0 Å². The second-order valence-electron chi connectivity index (χ2n) is 5.30. The third-order valence-electron chi connectivity index (χ3n) is 3.67. The summed E-state index contributed by atoms with van der Waals surface area (Å²) in [5.74, 6) is 0.164. The first-order chi connectivity index (χ1) is 12.5. The molecule has 3 rings (SSSR count). The predicted octanol–water partition coefficient (Wildman–Crippen LogP) is 4.70. The lowest BCUT2D eigenvalue weighted by Gasteiger charge is -2.02. The van der Waals surface area contributed by atoms with Crippen LogP contribution >= 0.6 is 23.2 Å². The molecule has 0 spiro atoms. The summed E-state index contributed by atoms with van der Waals surface area (Å²) in [5.41, 5.74) is 7.86. The lowest BCUT2D eigenvalue weighted by Crippen LogP contribution is -2.02. The second-order valence-corrected chi connectivity index (χ2v) is 6.15. The van der Waals surface area contributed by atoms with Gasteiger partial charge in [0.15, 0.2) is 0 Å². The number of benzene rings is 2. The average Bonchev–Trinajstić information content (AvgIpc) is 2.98. The van der Waals surface area contributed by atoms with E-state index in [1.54, 1.807) is 36.4 Å². The smallest absolute Gasteiger partial charge is 0.145 e. The Labute approximate surface area is 160 Å². The van der Waals surface area contributed by atoms with Gasteiger partial charge in [-0.3, -0.25) is 0 Å². The minimum absolute atomic E-state index is 0.131. The first-order valence-corrected chi connectivity index (χ1v) is 8.22. The summed E-state index contributed by atoms with van der Waals surface area (Å²) in [4.78, 5) is 0. The molecule has 0 fully saturated rings. The highest BCUT2D eigenvalue weighted by molar-refractivity contribution is 6.35. The van der Waals surface area contributed by atoms with Crippen LogP contribution in [-0.2, 0) is 0 Å². The summed E-state index contributed by atoms with van der Waals surface area (Å²) in [6.07, 6.45) is 1.55.